The van der Waals surface area contributed by atoms with Crippen LogP contribution in [0, 0.1) is 0 Å². The highest BCUT2D eigenvalue weighted by molar-refractivity contribution is 6.22. The molecule has 0 amide bonds. The fourth-order valence-corrected chi connectivity index (χ4v) is 7.63. The van der Waals surface area contributed by atoms with Gasteiger partial charge in [-0.2, -0.15) is 0 Å². The highest BCUT2D eigenvalue weighted by Gasteiger charge is 2.19. The number of para-hydroxylation sites is 4. The molecule has 0 fully saturated rings. The Balaban J connectivity index is 1.16. The molecule has 4 heteroatoms. The lowest BCUT2D eigenvalue weighted by molar-refractivity contribution is 0.669. The van der Waals surface area contributed by atoms with Gasteiger partial charge in [0.05, 0.1) is 22.4 Å². The lowest BCUT2D eigenvalue weighted by Crippen LogP contribution is -2.22. The molecule has 0 aliphatic heterocycles. The molecule has 0 spiro atoms. The molecule has 0 bridgehead atoms. The van der Waals surface area contributed by atoms with E-state index in [2.05, 4.69) is 103 Å². The number of furan rings is 1. The van der Waals surface area contributed by atoms with E-state index < -0.39 is 0 Å². The van der Waals surface area contributed by atoms with E-state index in [1.807, 2.05) is 66.7 Å². The molecule has 4 nitrogen and oxygen atoms in total. The van der Waals surface area contributed by atoms with Crippen LogP contribution >= 0.6 is 0 Å². The van der Waals surface area contributed by atoms with Gasteiger partial charge in [-0.15, -0.1) is 0 Å². The van der Waals surface area contributed by atoms with Gasteiger partial charge in [0.1, 0.15) is 11.2 Å². The second-order valence-electron chi connectivity index (χ2n) is 12.5. The molecule has 230 valence electrons. The Morgan fingerprint density at radius 2 is 0.816 bits per heavy atom. The van der Waals surface area contributed by atoms with Gasteiger partial charge < -0.3 is 4.42 Å². The predicted molar refractivity (Wildman–Crippen MR) is 202 cm³/mol. The summed E-state index contributed by atoms with van der Waals surface area (Å²) in [7, 11) is 0. The molecule has 2 aromatic heterocycles. The summed E-state index contributed by atoms with van der Waals surface area (Å²) in [6.07, 6.45) is 0. The van der Waals surface area contributed by atoms with Gasteiger partial charge in [0.25, 0.3) is 0 Å². The molecule has 2 heterocycles. The van der Waals surface area contributed by atoms with Gasteiger partial charge in [-0.25, -0.2) is 4.79 Å². The van der Waals surface area contributed by atoms with E-state index >= 15 is 0 Å². The van der Waals surface area contributed by atoms with Gasteiger partial charge in [0.15, 0.2) is 0 Å². The van der Waals surface area contributed by atoms with Gasteiger partial charge >= 0.3 is 5.69 Å². The van der Waals surface area contributed by atoms with Crippen LogP contribution in [0.2, 0.25) is 0 Å². The topological polar surface area (TPSA) is 40.1 Å². The first kappa shape index (κ1) is 27.5. The van der Waals surface area contributed by atoms with E-state index in [0.717, 1.165) is 55.5 Å². The van der Waals surface area contributed by atoms with E-state index in [4.69, 9.17) is 4.42 Å². The maximum atomic E-state index is 14.0. The standard InChI is InChI=1S/C45H28N2O2/c48-45-46(31-12-2-1-3-13-31)39-19-9-10-20-40(39)47(45)32-25-22-29(23-26-32)43-35-15-4-6-17-37(35)44(38-18-7-5-16-36(38)43)30-24-27-34-33-14-8-11-21-41(33)49-42(34)28-30/h1-28H. The van der Waals surface area contributed by atoms with Gasteiger partial charge in [-0.1, -0.05) is 115 Å². The van der Waals surface area contributed by atoms with E-state index in [1.165, 1.54) is 32.7 Å². The number of fused-ring (bicyclic) bond motifs is 6. The van der Waals surface area contributed by atoms with Gasteiger partial charge in [-0.3, -0.25) is 9.13 Å². The number of imidazole rings is 1. The Kier molecular flexibility index (Phi) is 5.99. The van der Waals surface area contributed by atoms with Crippen molar-refractivity contribution < 1.29 is 4.42 Å². The number of hydrogen-bond donors (Lipinski definition) is 0. The predicted octanol–water partition coefficient (Wildman–Crippen LogP) is 11.3. The monoisotopic (exact) mass is 628 g/mol. The fraction of sp³-hybridized carbons (Fsp3) is 0. The van der Waals surface area contributed by atoms with Crippen LogP contribution in [-0.4, -0.2) is 9.13 Å². The van der Waals surface area contributed by atoms with Crippen molar-refractivity contribution in [2.75, 3.05) is 0 Å². The maximum Gasteiger partial charge on any atom is 0.338 e. The van der Waals surface area contributed by atoms with Crippen molar-refractivity contribution in [2.45, 2.75) is 0 Å². The van der Waals surface area contributed by atoms with Crippen LogP contribution in [0.5, 0.6) is 0 Å². The second kappa shape index (κ2) is 10.7. The van der Waals surface area contributed by atoms with E-state index in [0.29, 0.717) is 0 Å². The lowest BCUT2D eigenvalue weighted by atomic mass is 9.86. The van der Waals surface area contributed by atoms with Crippen LogP contribution in [-0.2, 0) is 0 Å². The Morgan fingerprint density at radius 3 is 1.43 bits per heavy atom. The maximum absolute atomic E-state index is 14.0. The van der Waals surface area contributed by atoms with Crippen LogP contribution in [0.3, 0.4) is 0 Å². The number of nitrogens with zero attached hydrogens (tertiary/aromatic N) is 2. The molecule has 0 aliphatic carbocycles. The van der Waals surface area contributed by atoms with Crippen LogP contribution in [0.25, 0.3) is 88.1 Å². The van der Waals surface area contributed by atoms with E-state index in [9.17, 15) is 4.79 Å². The molecule has 0 saturated carbocycles. The fourth-order valence-electron chi connectivity index (χ4n) is 7.63. The highest BCUT2D eigenvalue weighted by atomic mass is 16.3. The van der Waals surface area contributed by atoms with E-state index in [-0.39, 0.29) is 5.69 Å². The average molecular weight is 629 g/mol. The molecule has 0 radical (unpaired) electrons. The van der Waals surface area contributed by atoms with Gasteiger partial charge in [-0.05, 0) is 98.4 Å². The minimum atomic E-state index is -0.0955. The van der Waals surface area contributed by atoms with Crippen LogP contribution < -0.4 is 5.69 Å². The van der Waals surface area contributed by atoms with Crippen molar-refractivity contribution >= 4 is 54.5 Å². The van der Waals surface area contributed by atoms with Crippen molar-refractivity contribution in [1.82, 2.24) is 9.13 Å². The SMILES string of the molecule is O=c1n(-c2ccccc2)c2ccccc2n1-c1ccc(-c2c3ccccc3c(-c3ccc4c(c3)oc3ccccc34)c3ccccc23)cc1. The van der Waals surface area contributed by atoms with Crippen molar-refractivity contribution in [3.8, 4) is 33.6 Å². The number of hydrogen-bond acceptors (Lipinski definition) is 2. The smallest absolute Gasteiger partial charge is 0.338 e. The Morgan fingerprint density at radius 1 is 0.367 bits per heavy atom. The molecule has 10 rings (SSSR count). The van der Waals surface area contributed by atoms with Crippen LogP contribution in [0.1, 0.15) is 0 Å². The van der Waals surface area contributed by atoms with E-state index in [1.54, 1.807) is 9.13 Å². The molecule has 10 aromatic rings. The summed E-state index contributed by atoms with van der Waals surface area (Å²) in [5, 5.41) is 6.95. The molecular weight excluding hydrogens is 601 g/mol. The summed E-state index contributed by atoms with van der Waals surface area (Å²) in [5.74, 6) is 0. The summed E-state index contributed by atoms with van der Waals surface area (Å²) in [6, 6.07) is 58.3. The van der Waals surface area contributed by atoms with Gasteiger partial charge in [0.2, 0.25) is 0 Å². The minimum absolute atomic E-state index is 0.0955. The van der Waals surface area contributed by atoms with Crippen molar-refractivity contribution in [1.29, 1.82) is 0 Å². The Bertz CT molecular complexity index is 2890. The van der Waals surface area contributed by atoms with Crippen molar-refractivity contribution in [2.24, 2.45) is 0 Å². The third-order valence-corrected chi connectivity index (χ3v) is 9.77. The lowest BCUT2D eigenvalue weighted by Gasteiger charge is -2.18. The largest absolute Gasteiger partial charge is 0.456 e. The van der Waals surface area contributed by atoms with Crippen LogP contribution in [0.15, 0.2) is 179 Å². The third kappa shape index (κ3) is 4.14. The summed E-state index contributed by atoms with van der Waals surface area (Å²) < 4.78 is 9.90. The molecule has 0 unspecified atom stereocenters. The highest BCUT2D eigenvalue weighted by Crippen LogP contribution is 2.44. The summed E-state index contributed by atoms with van der Waals surface area (Å²) in [4.78, 5) is 14.0. The summed E-state index contributed by atoms with van der Waals surface area (Å²) in [5.41, 5.74) is 9.67. The van der Waals surface area contributed by atoms with Crippen LogP contribution in [0.4, 0.5) is 0 Å². The zero-order chi connectivity index (χ0) is 32.5. The first-order valence-electron chi connectivity index (χ1n) is 16.5. The molecule has 8 aromatic carbocycles. The zero-order valence-electron chi connectivity index (χ0n) is 26.4. The molecule has 0 saturated heterocycles. The number of rotatable bonds is 4. The number of benzene rings is 8. The van der Waals surface area contributed by atoms with Gasteiger partial charge in [0, 0.05) is 10.8 Å². The molecule has 0 aliphatic rings. The van der Waals surface area contributed by atoms with Crippen molar-refractivity contribution in [3.63, 3.8) is 0 Å². The quantitative estimate of drug-likeness (QED) is 0.182. The second-order valence-corrected chi connectivity index (χ2v) is 12.5. The zero-order valence-corrected chi connectivity index (χ0v) is 26.4. The minimum Gasteiger partial charge on any atom is -0.456 e. The molecule has 49 heavy (non-hydrogen) atoms. The first-order valence-corrected chi connectivity index (χ1v) is 16.5. The average Bonchev–Trinajstić information content (AvgIpc) is 3.68. The first-order chi connectivity index (χ1) is 24.2. The summed E-state index contributed by atoms with van der Waals surface area (Å²) in [6.45, 7) is 0. The van der Waals surface area contributed by atoms with Crippen molar-refractivity contribution in [3.05, 3.63) is 180 Å². The summed E-state index contributed by atoms with van der Waals surface area (Å²) >= 11 is 0. The Labute approximate surface area is 281 Å². The molecule has 0 atom stereocenters. The molecule has 0 N–H and O–H groups in total. The number of aromatic nitrogens is 2. The normalized spacial score (nSPS) is 11.8. The third-order valence-electron chi connectivity index (χ3n) is 9.77. The Hall–Kier alpha value is -6.65. The molecular formula is C45H28N2O2.